The highest BCUT2D eigenvalue weighted by atomic mass is 35.5. The van der Waals surface area contributed by atoms with Crippen LogP contribution in [0.25, 0.3) is 0 Å². The Morgan fingerprint density at radius 2 is 1.85 bits per heavy atom. The van der Waals surface area contributed by atoms with Crippen LogP contribution in [0, 0.1) is 0 Å². The van der Waals surface area contributed by atoms with Crippen molar-refractivity contribution in [1.82, 2.24) is 5.32 Å². The van der Waals surface area contributed by atoms with Gasteiger partial charge < -0.3 is 10.1 Å². The predicted molar refractivity (Wildman–Crippen MR) is 82.1 cm³/mol. The van der Waals surface area contributed by atoms with Crippen LogP contribution >= 0.6 is 11.6 Å². The number of nitrogens with one attached hydrogen (secondary N) is 1. The van der Waals surface area contributed by atoms with E-state index in [1.807, 2.05) is 36.4 Å². The summed E-state index contributed by atoms with van der Waals surface area (Å²) < 4.78 is 5.82. The van der Waals surface area contributed by atoms with Crippen LogP contribution in [-0.4, -0.2) is 6.04 Å². The third-order valence-corrected chi connectivity index (χ3v) is 3.60. The second-order valence-electron chi connectivity index (χ2n) is 5.22. The molecule has 20 heavy (non-hydrogen) atoms. The Morgan fingerprint density at radius 1 is 1.05 bits per heavy atom. The predicted octanol–water partition coefficient (Wildman–Crippen LogP) is 4.17. The monoisotopic (exact) mass is 287 g/mol. The first-order chi connectivity index (χ1) is 9.79. The topological polar surface area (TPSA) is 21.3 Å². The minimum atomic E-state index is 0.542. The molecule has 2 nitrogen and oxygen atoms in total. The lowest BCUT2D eigenvalue weighted by atomic mass is 10.2. The summed E-state index contributed by atoms with van der Waals surface area (Å²) >= 11 is 5.96. The number of ether oxygens (including phenoxy) is 1. The summed E-state index contributed by atoms with van der Waals surface area (Å²) in [5.41, 5.74) is 2.35. The molecule has 0 unspecified atom stereocenters. The van der Waals surface area contributed by atoms with E-state index in [0.29, 0.717) is 6.61 Å². The van der Waals surface area contributed by atoms with E-state index in [1.54, 1.807) is 0 Å². The van der Waals surface area contributed by atoms with E-state index >= 15 is 0 Å². The maximum Gasteiger partial charge on any atom is 0.120 e. The molecule has 3 rings (SSSR count). The molecule has 104 valence electrons. The van der Waals surface area contributed by atoms with Gasteiger partial charge in [-0.25, -0.2) is 0 Å². The second-order valence-corrected chi connectivity index (χ2v) is 5.66. The summed E-state index contributed by atoms with van der Waals surface area (Å²) in [6, 6.07) is 16.7. The molecule has 0 aliphatic heterocycles. The van der Waals surface area contributed by atoms with Gasteiger partial charge in [-0.1, -0.05) is 35.9 Å². The highest BCUT2D eigenvalue weighted by Crippen LogP contribution is 2.21. The Hall–Kier alpha value is -1.51. The third kappa shape index (κ3) is 3.99. The van der Waals surface area contributed by atoms with Gasteiger partial charge in [0.2, 0.25) is 0 Å². The molecule has 1 N–H and O–H groups in total. The Morgan fingerprint density at radius 3 is 2.65 bits per heavy atom. The van der Waals surface area contributed by atoms with Crippen molar-refractivity contribution >= 4 is 11.6 Å². The minimum absolute atomic E-state index is 0.542. The molecular formula is C17H18ClNO. The summed E-state index contributed by atoms with van der Waals surface area (Å²) in [4.78, 5) is 0. The third-order valence-electron chi connectivity index (χ3n) is 3.37. The molecule has 1 aliphatic rings. The smallest absolute Gasteiger partial charge is 0.120 e. The number of hydrogen-bond donors (Lipinski definition) is 1. The molecule has 3 heteroatoms. The number of hydrogen-bond acceptors (Lipinski definition) is 2. The van der Waals surface area contributed by atoms with Crippen LogP contribution in [-0.2, 0) is 13.2 Å². The zero-order chi connectivity index (χ0) is 13.8. The maximum absolute atomic E-state index is 5.96. The van der Waals surface area contributed by atoms with E-state index in [-0.39, 0.29) is 0 Å². The van der Waals surface area contributed by atoms with E-state index in [0.717, 1.165) is 28.9 Å². The van der Waals surface area contributed by atoms with Gasteiger partial charge in [0.1, 0.15) is 12.4 Å². The van der Waals surface area contributed by atoms with E-state index < -0.39 is 0 Å². The highest BCUT2D eigenvalue weighted by molar-refractivity contribution is 6.30. The first kappa shape index (κ1) is 13.5. The number of rotatable bonds is 6. The van der Waals surface area contributed by atoms with Gasteiger partial charge in [-0.2, -0.15) is 0 Å². The standard InChI is InChI=1S/C17H18ClNO/c18-15-5-1-4-14(9-15)12-20-17-6-2-3-13(10-17)11-19-16-7-8-16/h1-6,9-10,16,19H,7-8,11-12H2. The molecular weight excluding hydrogens is 270 g/mol. The summed E-state index contributed by atoms with van der Waals surface area (Å²) in [7, 11) is 0. The summed E-state index contributed by atoms with van der Waals surface area (Å²) in [5, 5.41) is 4.25. The van der Waals surface area contributed by atoms with Crippen LogP contribution in [0.1, 0.15) is 24.0 Å². The van der Waals surface area contributed by atoms with Crippen molar-refractivity contribution in [2.24, 2.45) is 0 Å². The van der Waals surface area contributed by atoms with Crippen LogP contribution in [0.2, 0.25) is 5.02 Å². The fourth-order valence-electron chi connectivity index (χ4n) is 2.09. The molecule has 0 heterocycles. The molecule has 0 bridgehead atoms. The van der Waals surface area contributed by atoms with Gasteiger partial charge in [0.25, 0.3) is 0 Å². The molecule has 1 aliphatic carbocycles. The van der Waals surface area contributed by atoms with Gasteiger partial charge in [0, 0.05) is 17.6 Å². The molecule has 1 fully saturated rings. The molecule has 0 amide bonds. The largest absolute Gasteiger partial charge is 0.489 e. The van der Waals surface area contributed by atoms with E-state index in [2.05, 4.69) is 17.4 Å². The average molecular weight is 288 g/mol. The SMILES string of the molecule is Clc1cccc(COc2cccc(CNC3CC3)c2)c1. The van der Waals surface area contributed by atoms with Crippen LogP contribution in [0.15, 0.2) is 48.5 Å². The molecule has 0 radical (unpaired) electrons. The Labute approximate surface area is 124 Å². The maximum atomic E-state index is 5.96. The Kier molecular flexibility index (Phi) is 4.24. The van der Waals surface area contributed by atoms with Crippen LogP contribution < -0.4 is 10.1 Å². The van der Waals surface area contributed by atoms with Gasteiger partial charge in [-0.05, 0) is 48.2 Å². The summed E-state index contributed by atoms with van der Waals surface area (Å²) in [6.45, 7) is 1.46. The first-order valence-electron chi connectivity index (χ1n) is 6.99. The summed E-state index contributed by atoms with van der Waals surface area (Å²) in [6.07, 6.45) is 2.62. The van der Waals surface area contributed by atoms with E-state index in [9.17, 15) is 0 Å². The highest BCUT2D eigenvalue weighted by Gasteiger charge is 2.19. The fraction of sp³-hybridized carbons (Fsp3) is 0.294. The number of benzene rings is 2. The van der Waals surface area contributed by atoms with Gasteiger partial charge in [0.15, 0.2) is 0 Å². The van der Waals surface area contributed by atoms with Crippen molar-refractivity contribution in [2.45, 2.75) is 32.0 Å². The summed E-state index contributed by atoms with van der Waals surface area (Å²) in [5.74, 6) is 0.903. The minimum Gasteiger partial charge on any atom is -0.489 e. The van der Waals surface area contributed by atoms with E-state index in [1.165, 1.54) is 18.4 Å². The van der Waals surface area contributed by atoms with Crippen LogP contribution in [0.3, 0.4) is 0 Å². The van der Waals surface area contributed by atoms with Gasteiger partial charge >= 0.3 is 0 Å². The van der Waals surface area contributed by atoms with Gasteiger partial charge in [-0.15, -0.1) is 0 Å². The lowest BCUT2D eigenvalue weighted by Crippen LogP contribution is -2.15. The molecule has 2 aromatic rings. The molecule has 2 aromatic carbocycles. The zero-order valence-corrected chi connectivity index (χ0v) is 12.1. The van der Waals surface area contributed by atoms with Crippen molar-refractivity contribution < 1.29 is 4.74 Å². The Bertz CT molecular complexity index is 581. The molecule has 1 saturated carbocycles. The molecule has 0 aromatic heterocycles. The quantitative estimate of drug-likeness (QED) is 0.861. The average Bonchev–Trinajstić information content (AvgIpc) is 3.28. The zero-order valence-electron chi connectivity index (χ0n) is 11.3. The Balaban J connectivity index is 1.57. The van der Waals surface area contributed by atoms with E-state index in [4.69, 9.17) is 16.3 Å². The van der Waals surface area contributed by atoms with Gasteiger partial charge in [-0.3, -0.25) is 0 Å². The van der Waals surface area contributed by atoms with Crippen molar-refractivity contribution in [3.05, 3.63) is 64.7 Å². The second kappa shape index (κ2) is 6.29. The molecule has 0 spiro atoms. The fourth-order valence-corrected chi connectivity index (χ4v) is 2.30. The van der Waals surface area contributed by atoms with Crippen molar-refractivity contribution in [3.63, 3.8) is 0 Å². The van der Waals surface area contributed by atoms with Crippen molar-refractivity contribution in [1.29, 1.82) is 0 Å². The first-order valence-corrected chi connectivity index (χ1v) is 7.37. The van der Waals surface area contributed by atoms with Crippen LogP contribution in [0.4, 0.5) is 0 Å². The van der Waals surface area contributed by atoms with Gasteiger partial charge in [0.05, 0.1) is 0 Å². The normalized spacial score (nSPS) is 14.2. The lowest BCUT2D eigenvalue weighted by molar-refractivity contribution is 0.306. The molecule has 0 atom stereocenters. The van der Waals surface area contributed by atoms with Crippen molar-refractivity contribution in [3.8, 4) is 5.75 Å². The molecule has 0 saturated heterocycles. The number of halogens is 1. The lowest BCUT2D eigenvalue weighted by Gasteiger charge is -2.09. The van der Waals surface area contributed by atoms with Crippen LogP contribution in [0.5, 0.6) is 5.75 Å². The van der Waals surface area contributed by atoms with Crippen molar-refractivity contribution in [2.75, 3.05) is 0 Å².